The van der Waals surface area contributed by atoms with E-state index in [1.165, 1.54) is 22.5 Å². The van der Waals surface area contributed by atoms with Gasteiger partial charge in [-0.25, -0.2) is 12.8 Å². The zero-order chi connectivity index (χ0) is 28.3. The second-order valence-corrected chi connectivity index (χ2v) is 11.9. The maximum Gasteiger partial charge on any atom is 0.248 e. The normalized spacial score (nSPS) is 17.5. The molecule has 0 radical (unpaired) electrons. The Labute approximate surface area is 233 Å². The number of benzene rings is 2. The number of aromatic nitrogens is 1. The van der Waals surface area contributed by atoms with Crippen molar-refractivity contribution >= 4 is 33.8 Å². The number of hydrogen-bond acceptors (Lipinski definition) is 7. The Balaban J connectivity index is 1.20. The Morgan fingerprint density at radius 2 is 1.68 bits per heavy atom. The highest BCUT2D eigenvalue weighted by Gasteiger charge is 2.37. The number of aryl methyl sites for hydroxylation is 1. The molecule has 0 unspecified atom stereocenters. The summed E-state index contributed by atoms with van der Waals surface area (Å²) < 4.78 is 53.3. The number of methoxy groups -OCH3 is 1. The number of piperidine rings is 1. The van der Waals surface area contributed by atoms with Gasteiger partial charge in [0.1, 0.15) is 17.3 Å². The van der Waals surface area contributed by atoms with Crippen LogP contribution < -0.4 is 9.64 Å². The smallest absolute Gasteiger partial charge is 0.248 e. The fourth-order valence-electron chi connectivity index (χ4n) is 5.36. The molecule has 0 atom stereocenters. The SMILES string of the molecule is COc1ccccc1N1CCN(C(=O)C2CCN(S(=O)(=O)c3c(C)noc3/C=C/c3ccccc3F)CC2)CC1. The van der Waals surface area contributed by atoms with Crippen molar-refractivity contribution < 1.29 is 26.9 Å². The maximum atomic E-state index is 14.0. The summed E-state index contributed by atoms with van der Waals surface area (Å²) in [5.74, 6) is 0.281. The molecule has 1 amide bonds. The van der Waals surface area contributed by atoms with Crippen LogP contribution in [-0.2, 0) is 14.8 Å². The summed E-state index contributed by atoms with van der Waals surface area (Å²) in [6, 6.07) is 14.0. The molecule has 2 aromatic carbocycles. The molecule has 0 N–H and O–H groups in total. The number of carbonyl (C=O) groups excluding carboxylic acids is 1. The second-order valence-electron chi connectivity index (χ2n) is 9.98. The van der Waals surface area contributed by atoms with Gasteiger partial charge in [0, 0.05) is 50.7 Å². The lowest BCUT2D eigenvalue weighted by Crippen LogP contribution is -2.52. The van der Waals surface area contributed by atoms with E-state index in [9.17, 15) is 17.6 Å². The number of para-hydroxylation sites is 2. The minimum absolute atomic E-state index is 0.0303. The van der Waals surface area contributed by atoms with Gasteiger partial charge < -0.3 is 19.1 Å². The summed E-state index contributed by atoms with van der Waals surface area (Å²) in [5.41, 5.74) is 1.56. The second kappa shape index (κ2) is 11.8. The van der Waals surface area contributed by atoms with E-state index < -0.39 is 15.8 Å². The summed E-state index contributed by atoms with van der Waals surface area (Å²) >= 11 is 0. The lowest BCUT2D eigenvalue weighted by molar-refractivity contribution is -0.137. The molecule has 212 valence electrons. The highest BCUT2D eigenvalue weighted by molar-refractivity contribution is 7.89. The van der Waals surface area contributed by atoms with Crippen LogP contribution in [0.4, 0.5) is 10.1 Å². The van der Waals surface area contributed by atoms with Crippen LogP contribution in [0.25, 0.3) is 12.2 Å². The van der Waals surface area contributed by atoms with Gasteiger partial charge in [-0.15, -0.1) is 0 Å². The highest BCUT2D eigenvalue weighted by atomic mass is 32.2. The average Bonchev–Trinajstić information content (AvgIpc) is 3.37. The molecule has 0 spiro atoms. The van der Waals surface area contributed by atoms with Gasteiger partial charge in [-0.05, 0) is 50.1 Å². The van der Waals surface area contributed by atoms with Gasteiger partial charge in [-0.1, -0.05) is 35.5 Å². The predicted molar refractivity (Wildman–Crippen MR) is 150 cm³/mol. The molecule has 0 bridgehead atoms. The number of carbonyl (C=O) groups is 1. The van der Waals surface area contributed by atoms with Crippen LogP contribution in [0, 0.1) is 18.7 Å². The van der Waals surface area contributed by atoms with Crippen molar-refractivity contribution in [3.8, 4) is 5.75 Å². The minimum Gasteiger partial charge on any atom is -0.495 e. The molecular formula is C29H33FN4O5S. The number of ether oxygens (including phenoxy) is 1. The predicted octanol–water partition coefficient (Wildman–Crippen LogP) is 4.05. The van der Waals surface area contributed by atoms with Crippen LogP contribution >= 0.6 is 0 Å². The number of nitrogens with zero attached hydrogens (tertiary/aromatic N) is 4. The summed E-state index contributed by atoms with van der Waals surface area (Å²) in [7, 11) is -2.27. The molecule has 40 heavy (non-hydrogen) atoms. The molecular weight excluding hydrogens is 535 g/mol. The van der Waals surface area contributed by atoms with E-state index in [1.54, 1.807) is 32.2 Å². The van der Waals surface area contributed by atoms with Crippen molar-refractivity contribution in [1.82, 2.24) is 14.4 Å². The largest absolute Gasteiger partial charge is 0.495 e. The lowest BCUT2D eigenvalue weighted by Gasteiger charge is -2.39. The van der Waals surface area contributed by atoms with Gasteiger partial charge in [-0.2, -0.15) is 4.31 Å². The fraction of sp³-hybridized carbons (Fsp3) is 0.379. The molecule has 3 heterocycles. The molecule has 0 aliphatic carbocycles. The monoisotopic (exact) mass is 568 g/mol. The molecule has 9 nitrogen and oxygen atoms in total. The lowest BCUT2D eigenvalue weighted by atomic mass is 9.96. The first-order chi connectivity index (χ1) is 19.3. The third kappa shape index (κ3) is 5.62. The van der Waals surface area contributed by atoms with Crippen molar-refractivity contribution in [3.05, 3.63) is 71.4 Å². The Morgan fingerprint density at radius 3 is 2.38 bits per heavy atom. The number of sulfonamides is 1. The topological polar surface area (TPSA) is 96.2 Å². The van der Waals surface area contributed by atoms with Crippen molar-refractivity contribution in [1.29, 1.82) is 0 Å². The van der Waals surface area contributed by atoms with E-state index in [0.717, 1.165) is 11.4 Å². The Hall–Kier alpha value is -3.70. The Kier molecular flexibility index (Phi) is 8.22. The van der Waals surface area contributed by atoms with Crippen LogP contribution in [0.2, 0.25) is 0 Å². The Bertz CT molecular complexity index is 1490. The highest BCUT2D eigenvalue weighted by Crippen LogP contribution is 2.31. The first kappa shape index (κ1) is 27.9. The minimum atomic E-state index is -3.92. The summed E-state index contributed by atoms with van der Waals surface area (Å²) in [4.78, 5) is 17.4. The number of hydrogen-bond donors (Lipinski definition) is 0. The molecule has 3 aromatic rings. The fourth-order valence-corrected chi connectivity index (χ4v) is 7.08. The zero-order valence-corrected chi connectivity index (χ0v) is 23.4. The van der Waals surface area contributed by atoms with Gasteiger partial charge in [0.05, 0.1) is 12.8 Å². The molecule has 11 heteroatoms. The van der Waals surface area contributed by atoms with Gasteiger partial charge >= 0.3 is 0 Å². The van der Waals surface area contributed by atoms with Crippen molar-refractivity contribution in [3.63, 3.8) is 0 Å². The van der Waals surface area contributed by atoms with Gasteiger partial charge in [0.15, 0.2) is 10.7 Å². The molecule has 2 fully saturated rings. The number of rotatable bonds is 7. The third-order valence-corrected chi connectivity index (χ3v) is 9.63. The van der Waals surface area contributed by atoms with Crippen LogP contribution in [0.5, 0.6) is 5.75 Å². The molecule has 2 aliphatic rings. The van der Waals surface area contributed by atoms with Crippen molar-refractivity contribution in [2.45, 2.75) is 24.7 Å². The maximum absolute atomic E-state index is 14.0. The van der Waals surface area contributed by atoms with Crippen LogP contribution in [0.3, 0.4) is 0 Å². The van der Waals surface area contributed by atoms with Gasteiger partial charge in [0.2, 0.25) is 15.9 Å². The van der Waals surface area contributed by atoms with E-state index in [2.05, 4.69) is 10.1 Å². The van der Waals surface area contributed by atoms with Crippen LogP contribution in [0.1, 0.15) is 29.9 Å². The van der Waals surface area contributed by atoms with Gasteiger partial charge in [0.25, 0.3) is 0 Å². The summed E-state index contributed by atoms with van der Waals surface area (Å²) in [6.07, 6.45) is 3.77. The number of halogens is 1. The number of anilines is 1. The summed E-state index contributed by atoms with van der Waals surface area (Å²) in [5, 5.41) is 3.86. The van der Waals surface area contributed by atoms with Gasteiger partial charge in [-0.3, -0.25) is 4.79 Å². The molecule has 2 aliphatic heterocycles. The zero-order valence-electron chi connectivity index (χ0n) is 22.6. The van der Waals surface area contributed by atoms with E-state index >= 15 is 0 Å². The quantitative estimate of drug-likeness (QED) is 0.424. The molecule has 5 rings (SSSR count). The molecule has 1 aromatic heterocycles. The first-order valence-corrected chi connectivity index (χ1v) is 14.8. The van der Waals surface area contributed by atoms with E-state index in [0.29, 0.717) is 44.6 Å². The number of amides is 1. The average molecular weight is 569 g/mol. The first-order valence-electron chi connectivity index (χ1n) is 13.4. The molecule has 0 saturated carbocycles. The van der Waals surface area contributed by atoms with Crippen LogP contribution in [-0.4, -0.2) is 75.1 Å². The third-order valence-electron chi connectivity index (χ3n) is 7.57. The standard InChI is InChI=1S/C29H33FN4O5S/c1-21-28(27(39-31-21)12-11-22-7-3-4-8-24(22)30)40(36,37)34-15-13-23(14-16-34)29(35)33-19-17-32(18-20-33)25-9-5-6-10-26(25)38-2/h3-12,23H,13-20H2,1-2H3/b12-11+. The summed E-state index contributed by atoms with van der Waals surface area (Å²) in [6.45, 7) is 4.63. The van der Waals surface area contributed by atoms with Crippen molar-refractivity contribution in [2.24, 2.45) is 5.92 Å². The van der Waals surface area contributed by atoms with Crippen molar-refractivity contribution in [2.75, 3.05) is 51.3 Å². The van der Waals surface area contributed by atoms with Crippen LogP contribution in [0.15, 0.2) is 57.9 Å². The molecule has 2 saturated heterocycles. The Morgan fingerprint density at radius 1 is 1.00 bits per heavy atom. The number of piperazine rings is 1. The van der Waals surface area contributed by atoms with E-state index in [4.69, 9.17) is 9.26 Å². The van der Waals surface area contributed by atoms with E-state index in [-0.39, 0.29) is 41.3 Å². The van der Waals surface area contributed by atoms with E-state index in [1.807, 2.05) is 29.2 Å².